The largest absolute Gasteiger partial charge is 0.461 e. The number of hydrogen-bond acceptors (Lipinski definition) is 6. The van der Waals surface area contributed by atoms with Gasteiger partial charge in [0.15, 0.2) is 0 Å². The van der Waals surface area contributed by atoms with Gasteiger partial charge in [0, 0.05) is 11.3 Å². The minimum Gasteiger partial charge on any atom is -0.461 e. The first-order chi connectivity index (χ1) is 15.5. The maximum atomic E-state index is 12.7. The number of carbonyl (C=O) groups excluding carboxylic acids is 2. The molecule has 174 valence electrons. The molecule has 1 heterocycles. The third-order valence-corrected chi connectivity index (χ3v) is 5.00. The molecule has 8 nitrogen and oxygen atoms in total. The average molecular weight is 478 g/mol. The zero-order chi connectivity index (χ0) is 24.2. The van der Waals surface area contributed by atoms with Crippen molar-refractivity contribution in [2.24, 2.45) is 0 Å². The predicted molar refractivity (Wildman–Crippen MR) is 117 cm³/mol. The van der Waals surface area contributed by atoms with Crippen molar-refractivity contribution in [3.63, 3.8) is 0 Å². The number of furan rings is 1. The van der Waals surface area contributed by atoms with Crippen molar-refractivity contribution < 1.29 is 35.9 Å². The number of benzene rings is 2. The lowest BCUT2D eigenvalue weighted by Gasteiger charge is -2.06. The molecule has 33 heavy (non-hydrogen) atoms. The van der Waals surface area contributed by atoms with Gasteiger partial charge >= 0.3 is 6.61 Å². The van der Waals surface area contributed by atoms with E-state index in [0.717, 1.165) is 6.26 Å². The highest BCUT2D eigenvalue weighted by molar-refractivity contribution is 7.89. The zero-order valence-electron chi connectivity index (χ0n) is 17.6. The van der Waals surface area contributed by atoms with E-state index in [1.807, 2.05) is 4.72 Å². The summed E-state index contributed by atoms with van der Waals surface area (Å²) in [6.45, 7) is -1.30. The van der Waals surface area contributed by atoms with Gasteiger partial charge in [0.1, 0.15) is 17.3 Å². The number of sulfonamides is 1. The normalized spacial score (nSPS) is 11.3. The van der Waals surface area contributed by atoms with Crippen molar-refractivity contribution in [1.82, 2.24) is 4.72 Å². The molecule has 11 heteroatoms. The number of rotatable bonds is 8. The molecule has 1 aromatic heterocycles. The number of amides is 2. The van der Waals surface area contributed by atoms with E-state index in [0.29, 0.717) is 28.3 Å². The fourth-order valence-corrected chi connectivity index (χ4v) is 3.47. The second kappa shape index (κ2) is 9.82. The minimum absolute atomic E-state index is 0.00670. The number of hydrogen-bond donors (Lipinski definition) is 2. The molecule has 2 aromatic carbocycles. The third-order valence-electron chi connectivity index (χ3n) is 4.40. The highest BCUT2D eigenvalue weighted by atomic mass is 32.2. The SMILES string of the molecule is Cc1oc(-c2ccc(OC(F)F)cc2)cc1C(=O)Nc1ccc(CC(=O)NS(C)(=O)=O)cc1. The molecule has 0 saturated carbocycles. The van der Waals surface area contributed by atoms with Crippen LogP contribution in [0.4, 0.5) is 14.5 Å². The van der Waals surface area contributed by atoms with Crippen LogP contribution in [0.15, 0.2) is 59.0 Å². The first kappa shape index (κ1) is 23.9. The quantitative estimate of drug-likeness (QED) is 0.510. The summed E-state index contributed by atoms with van der Waals surface area (Å²) in [4.78, 5) is 24.4. The fourth-order valence-electron chi connectivity index (χ4n) is 2.98. The van der Waals surface area contributed by atoms with Crippen molar-refractivity contribution in [1.29, 1.82) is 0 Å². The lowest BCUT2D eigenvalue weighted by atomic mass is 10.1. The Hall–Kier alpha value is -3.73. The van der Waals surface area contributed by atoms with E-state index >= 15 is 0 Å². The first-order valence-corrected chi connectivity index (χ1v) is 11.5. The van der Waals surface area contributed by atoms with Gasteiger partial charge in [-0.25, -0.2) is 8.42 Å². The summed E-state index contributed by atoms with van der Waals surface area (Å²) in [7, 11) is -3.63. The second-order valence-electron chi connectivity index (χ2n) is 7.11. The topological polar surface area (TPSA) is 115 Å². The van der Waals surface area contributed by atoms with E-state index in [-0.39, 0.29) is 17.7 Å². The van der Waals surface area contributed by atoms with Gasteiger partial charge in [-0.15, -0.1) is 0 Å². The van der Waals surface area contributed by atoms with E-state index in [1.165, 1.54) is 30.3 Å². The number of nitrogens with one attached hydrogen (secondary N) is 2. The minimum atomic E-state index is -3.63. The number of alkyl halides is 2. The average Bonchev–Trinajstić information content (AvgIpc) is 3.10. The molecule has 0 aliphatic rings. The Morgan fingerprint density at radius 2 is 1.70 bits per heavy atom. The van der Waals surface area contributed by atoms with Crippen LogP contribution in [0.1, 0.15) is 21.7 Å². The van der Waals surface area contributed by atoms with E-state index in [4.69, 9.17) is 4.42 Å². The van der Waals surface area contributed by atoms with Crippen molar-refractivity contribution in [2.75, 3.05) is 11.6 Å². The van der Waals surface area contributed by atoms with Crippen LogP contribution in [0, 0.1) is 6.92 Å². The molecule has 0 spiro atoms. The molecule has 0 saturated heterocycles. The van der Waals surface area contributed by atoms with Crippen LogP contribution in [-0.2, 0) is 21.2 Å². The van der Waals surface area contributed by atoms with Gasteiger partial charge in [-0.1, -0.05) is 12.1 Å². The maximum absolute atomic E-state index is 12.7. The van der Waals surface area contributed by atoms with Crippen molar-refractivity contribution in [2.45, 2.75) is 20.0 Å². The Morgan fingerprint density at radius 1 is 1.06 bits per heavy atom. The molecule has 0 radical (unpaired) electrons. The maximum Gasteiger partial charge on any atom is 0.387 e. The van der Waals surface area contributed by atoms with Gasteiger partial charge in [0.25, 0.3) is 5.91 Å². The zero-order valence-corrected chi connectivity index (χ0v) is 18.4. The molecule has 0 atom stereocenters. The molecule has 3 aromatic rings. The van der Waals surface area contributed by atoms with E-state index < -0.39 is 28.4 Å². The molecule has 2 N–H and O–H groups in total. The second-order valence-corrected chi connectivity index (χ2v) is 8.86. The van der Waals surface area contributed by atoms with Crippen molar-refractivity contribution in [3.8, 4) is 17.1 Å². The lowest BCUT2D eigenvalue weighted by Crippen LogP contribution is -2.30. The van der Waals surface area contributed by atoms with Crippen LogP contribution in [0.5, 0.6) is 5.75 Å². The Balaban J connectivity index is 1.66. The molecule has 2 amide bonds. The summed E-state index contributed by atoms with van der Waals surface area (Å²) in [5.41, 5.74) is 1.89. The Bertz CT molecular complexity index is 1250. The molecule has 0 bridgehead atoms. The first-order valence-electron chi connectivity index (χ1n) is 9.57. The highest BCUT2D eigenvalue weighted by Crippen LogP contribution is 2.28. The van der Waals surface area contributed by atoms with Crippen LogP contribution in [-0.4, -0.2) is 33.1 Å². The van der Waals surface area contributed by atoms with Crippen LogP contribution < -0.4 is 14.8 Å². The van der Waals surface area contributed by atoms with Gasteiger partial charge in [0.2, 0.25) is 15.9 Å². The van der Waals surface area contributed by atoms with E-state index in [2.05, 4.69) is 10.1 Å². The number of halogens is 2. The van der Waals surface area contributed by atoms with Crippen LogP contribution in [0.2, 0.25) is 0 Å². The van der Waals surface area contributed by atoms with Crippen LogP contribution in [0.3, 0.4) is 0 Å². The smallest absolute Gasteiger partial charge is 0.387 e. The van der Waals surface area contributed by atoms with E-state index in [9.17, 15) is 26.8 Å². The third kappa shape index (κ3) is 6.88. The monoisotopic (exact) mass is 478 g/mol. The van der Waals surface area contributed by atoms with Gasteiger partial charge in [-0.2, -0.15) is 8.78 Å². The van der Waals surface area contributed by atoms with Crippen LogP contribution in [0.25, 0.3) is 11.3 Å². The lowest BCUT2D eigenvalue weighted by molar-refractivity contribution is -0.118. The van der Waals surface area contributed by atoms with E-state index in [1.54, 1.807) is 31.2 Å². The standard InChI is InChI=1S/C22H20F2N2O6S/c1-13-18(12-19(31-13)15-5-9-17(10-6-15)32-22(23)24)21(28)25-16-7-3-14(4-8-16)11-20(27)26-33(2,29)30/h3-10,12,22H,11H2,1-2H3,(H,25,28)(H,26,27). The summed E-state index contributed by atoms with van der Waals surface area (Å²) in [5.74, 6) is -0.336. The highest BCUT2D eigenvalue weighted by Gasteiger charge is 2.17. The predicted octanol–water partition coefficient (Wildman–Crippen LogP) is 3.73. The molecule has 0 aliphatic carbocycles. The van der Waals surface area contributed by atoms with Gasteiger partial charge in [-0.05, 0) is 55.0 Å². The summed E-state index contributed by atoms with van der Waals surface area (Å²) in [6.07, 6.45) is 0.760. The van der Waals surface area contributed by atoms with Crippen molar-refractivity contribution in [3.05, 3.63) is 71.5 Å². The summed E-state index contributed by atoms with van der Waals surface area (Å²) >= 11 is 0. The number of aryl methyl sites for hydroxylation is 1. The molecule has 0 unspecified atom stereocenters. The fraction of sp³-hybridized carbons (Fsp3) is 0.182. The summed E-state index contributed by atoms with van der Waals surface area (Å²) in [6, 6.07) is 13.7. The molecule has 0 aliphatic heterocycles. The summed E-state index contributed by atoms with van der Waals surface area (Å²) < 4.78 is 58.6. The molecule has 3 rings (SSSR count). The Labute approximate surface area is 188 Å². The Kier molecular flexibility index (Phi) is 7.12. The summed E-state index contributed by atoms with van der Waals surface area (Å²) in [5, 5.41) is 2.71. The molecular formula is C22H20F2N2O6S. The Morgan fingerprint density at radius 3 is 2.27 bits per heavy atom. The number of ether oxygens (including phenoxy) is 1. The number of carbonyl (C=O) groups is 2. The van der Waals surface area contributed by atoms with Crippen molar-refractivity contribution >= 4 is 27.5 Å². The van der Waals surface area contributed by atoms with Gasteiger partial charge in [-0.3, -0.25) is 14.3 Å². The molecule has 0 fully saturated rings. The number of anilines is 1. The van der Waals surface area contributed by atoms with Gasteiger partial charge in [0.05, 0.1) is 18.2 Å². The van der Waals surface area contributed by atoms with Gasteiger partial charge < -0.3 is 14.5 Å². The van der Waals surface area contributed by atoms with Crippen LogP contribution >= 0.6 is 0 Å². The molecular weight excluding hydrogens is 458 g/mol.